The molecule has 3 rings (SSSR count). The number of nitrogens with one attached hydrogen (secondary N) is 1. The quantitative estimate of drug-likeness (QED) is 0.937. The molecule has 2 aromatic rings. The van der Waals surface area contributed by atoms with Crippen LogP contribution in [-0.2, 0) is 10.0 Å². The second kappa shape index (κ2) is 6.95. The third-order valence-corrected chi connectivity index (χ3v) is 6.41. The van der Waals surface area contributed by atoms with Gasteiger partial charge in [0.25, 0.3) is 0 Å². The Bertz CT molecular complexity index is 776. The number of hydrogen-bond acceptors (Lipinski definition) is 4. The fraction of sp³-hybridized carbons (Fsp3) is 0.471. The Hall–Kier alpha value is -1.50. The molecule has 1 aromatic heterocycles. The Morgan fingerprint density at radius 1 is 1.26 bits per heavy atom. The number of benzene rings is 1. The van der Waals surface area contributed by atoms with Crippen molar-refractivity contribution in [3.05, 3.63) is 36.7 Å². The fourth-order valence-electron chi connectivity index (χ4n) is 3.09. The van der Waals surface area contributed by atoms with Gasteiger partial charge in [-0.2, -0.15) is 4.31 Å². The van der Waals surface area contributed by atoms with Gasteiger partial charge < -0.3 is 5.32 Å². The molecule has 0 radical (unpaired) electrons. The summed E-state index contributed by atoms with van der Waals surface area (Å²) in [7, 11) is -3.48. The number of hydrogen-bond donors (Lipinski definition) is 1. The Morgan fingerprint density at radius 3 is 2.96 bits per heavy atom. The lowest BCUT2D eigenvalue weighted by Crippen LogP contribution is -2.47. The zero-order valence-electron chi connectivity index (χ0n) is 13.4. The smallest absolute Gasteiger partial charge is 0.243 e. The first-order valence-electron chi connectivity index (χ1n) is 8.19. The predicted molar refractivity (Wildman–Crippen MR) is 91.8 cm³/mol. The first kappa shape index (κ1) is 16.4. The van der Waals surface area contributed by atoms with Gasteiger partial charge >= 0.3 is 0 Å². The number of nitrogens with zero attached hydrogens (tertiary/aromatic N) is 2. The van der Waals surface area contributed by atoms with E-state index in [1.807, 2.05) is 19.1 Å². The average molecular weight is 333 g/mol. The van der Waals surface area contributed by atoms with Crippen LogP contribution in [0.3, 0.4) is 0 Å². The number of pyridine rings is 1. The first-order valence-corrected chi connectivity index (χ1v) is 9.63. The van der Waals surface area contributed by atoms with Gasteiger partial charge in [-0.1, -0.05) is 13.0 Å². The summed E-state index contributed by atoms with van der Waals surface area (Å²) in [6, 6.07) is 7.14. The molecule has 1 aliphatic heterocycles. The lowest BCUT2D eigenvalue weighted by molar-refractivity contribution is 0.279. The first-order chi connectivity index (χ1) is 11.1. The number of rotatable bonds is 3. The van der Waals surface area contributed by atoms with Crippen LogP contribution in [-0.4, -0.2) is 43.4 Å². The monoisotopic (exact) mass is 333 g/mol. The lowest BCUT2D eigenvalue weighted by Gasteiger charge is -2.32. The van der Waals surface area contributed by atoms with Crippen molar-refractivity contribution in [2.75, 3.05) is 19.6 Å². The summed E-state index contributed by atoms with van der Waals surface area (Å²) < 4.78 is 28.0. The molecule has 0 amide bonds. The summed E-state index contributed by atoms with van der Waals surface area (Å²) in [5, 5.41) is 5.21. The molecule has 1 N–H and O–H groups in total. The Morgan fingerprint density at radius 2 is 2.13 bits per heavy atom. The predicted octanol–water partition coefficient (Wildman–Crippen LogP) is 2.39. The van der Waals surface area contributed by atoms with Crippen molar-refractivity contribution in [1.82, 2.24) is 14.6 Å². The average Bonchev–Trinajstić information content (AvgIpc) is 2.54. The fourth-order valence-corrected chi connectivity index (χ4v) is 4.86. The molecule has 0 bridgehead atoms. The van der Waals surface area contributed by atoms with Crippen molar-refractivity contribution in [3.63, 3.8) is 0 Å². The van der Waals surface area contributed by atoms with E-state index in [0.29, 0.717) is 18.0 Å². The summed E-state index contributed by atoms with van der Waals surface area (Å²) in [5.41, 5.74) is 0. The molecule has 1 aromatic carbocycles. The molecule has 5 nitrogen and oxygen atoms in total. The lowest BCUT2D eigenvalue weighted by atomic mass is 10.2. The maximum Gasteiger partial charge on any atom is 0.243 e. The van der Waals surface area contributed by atoms with E-state index in [-0.39, 0.29) is 6.04 Å². The van der Waals surface area contributed by atoms with Gasteiger partial charge in [0, 0.05) is 36.9 Å². The van der Waals surface area contributed by atoms with E-state index in [4.69, 9.17) is 0 Å². The molecule has 2 heterocycles. The van der Waals surface area contributed by atoms with Crippen LogP contribution in [0.1, 0.15) is 26.2 Å². The van der Waals surface area contributed by atoms with Crippen LogP contribution >= 0.6 is 0 Å². The van der Waals surface area contributed by atoms with Gasteiger partial charge in [0.2, 0.25) is 10.0 Å². The zero-order valence-corrected chi connectivity index (χ0v) is 14.2. The molecule has 0 spiro atoms. The van der Waals surface area contributed by atoms with Crippen molar-refractivity contribution >= 4 is 20.8 Å². The van der Waals surface area contributed by atoms with Crippen LogP contribution in [0.5, 0.6) is 0 Å². The number of aromatic nitrogens is 1. The molecule has 1 unspecified atom stereocenters. The minimum absolute atomic E-state index is 0.00781. The Kier molecular flexibility index (Phi) is 4.94. The molecular weight excluding hydrogens is 310 g/mol. The van der Waals surface area contributed by atoms with E-state index in [9.17, 15) is 8.42 Å². The molecule has 0 aliphatic carbocycles. The van der Waals surface area contributed by atoms with Gasteiger partial charge in [-0.15, -0.1) is 0 Å². The van der Waals surface area contributed by atoms with Gasteiger partial charge in [0.15, 0.2) is 0 Å². The third kappa shape index (κ3) is 3.39. The number of sulfonamides is 1. The molecule has 1 saturated heterocycles. The van der Waals surface area contributed by atoms with Crippen LogP contribution in [0, 0.1) is 0 Å². The van der Waals surface area contributed by atoms with E-state index in [1.54, 1.807) is 28.8 Å². The van der Waals surface area contributed by atoms with E-state index >= 15 is 0 Å². The minimum Gasteiger partial charge on any atom is -0.315 e. The van der Waals surface area contributed by atoms with Crippen molar-refractivity contribution in [1.29, 1.82) is 0 Å². The highest BCUT2D eigenvalue weighted by atomic mass is 32.2. The van der Waals surface area contributed by atoms with Gasteiger partial charge in [0.1, 0.15) is 0 Å². The summed E-state index contributed by atoms with van der Waals surface area (Å²) >= 11 is 0. The molecule has 1 atom stereocenters. The highest BCUT2D eigenvalue weighted by molar-refractivity contribution is 7.89. The highest BCUT2D eigenvalue weighted by Gasteiger charge is 2.30. The van der Waals surface area contributed by atoms with E-state index in [1.165, 1.54) is 0 Å². The number of fused-ring (bicyclic) bond motifs is 1. The Labute approximate surface area is 137 Å². The third-order valence-electron chi connectivity index (χ3n) is 4.46. The van der Waals surface area contributed by atoms with E-state index < -0.39 is 10.0 Å². The van der Waals surface area contributed by atoms with Crippen molar-refractivity contribution in [2.24, 2.45) is 0 Å². The summed E-state index contributed by atoms with van der Waals surface area (Å²) in [4.78, 5) is 4.45. The van der Waals surface area contributed by atoms with Crippen LogP contribution < -0.4 is 5.32 Å². The SMILES string of the molecule is CCC1CNCCCCN1S(=O)(=O)c1ccc2cnccc2c1. The van der Waals surface area contributed by atoms with E-state index in [0.717, 1.165) is 36.6 Å². The van der Waals surface area contributed by atoms with Crippen molar-refractivity contribution in [2.45, 2.75) is 37.1 Å². The zero-order chi connectivity index (χ0) is 16.3. The van der Waals surface area contributed by atoms with Crippen molar-refractivity contribution in [3.8, 4) is 0 Å². The highest BCUT2D eigenvalue weighted by Crippen LogP contribution is 2.24. The molecule has 1 aliphatic rings. The Balaban J connectivity index is 1.99. The van der Waals surface area contributed by atoms with Gasteiger partial charge in [-0.3, -0.25) is 4.98 Å². The van der Waals surface area contributed by atoms with E-state index in [2.05, 4.69) is 10.3 Å². The molecule has 1 fully saturated rings. The summed E-state index contributed by atoms with van der Waals surface area (Å²) in [6.45, 7) is 4.32. The normalized spacial score (nSPS) is 21.0. The van der Waals surface area contributed by atoms with Gasteiger partial charge in [0.05, 0.1) is 4.90 Å². The van der Waals surface area contributed by atoms with Gasteiger partial charge in [-0.25, -0.2) is 8.42 Å². The van der Waals surface area contributed by atoms with Gasteiger partial charge in [-0.05, 0) is 49.4 Å². The molecule has 23 heavy (non-hydrogen) atoms. The molecule has 6 heteroatoms. The second-order valence-electron chi connectivity index (χ2n) is 5.97. The standard InChI is InChI=1S/C17H23N3O2S/c1-2-16-13-18-8-3-4-10-20(16)23(21,22)17-6-5-15-12-19-9-7-14(15)11-17/h5-7,9,11-12,16,18H,2-4,8,10,13H2,1H3. The topological polar surface area (TPSA) is 62.3 Å². The summed E-state index contributed by atoms with van der Waals surface area (Å²) in [5.74, 6) is 0. The molecule has 0 saturated carbocycles. The van der Waals surface area contributed by atoms with Crippen LogP contribution in [0.15, 0.2) is 41.6 Å². The van der Waals surface area contributed by atoms with Crippen LogP contribution in [0.2, 0.25) is 0 Å². The van der Waals surface area contributed by atoms with Crippen LogP contribution in [0.4, 0.5) is 0 Å². The van der Waals surface area contributed by atoms with Crippen molar-refractivity contribution < 1.29 is 8.42 Å². The second-order valence-corrected chi connectivity index (χ2v) is 7.86. The summed E-state index contributed by atoms with van der Waals surface area (Å²) in [6.07, 6.45) is 6.14. The maximum atomic E-state index is 13.1. The molecular formula is C17H23N3O2S. The maximum absolute atomic E-state index is 13.1. The van der Waals surface area contributed by atoms with Crippen LogP contribution in [0.25, 0.3) is 10.8 Å². The molecule has 124 valence electrons. The largest absolute Gasteiger partial charge is 0.315 e. The minimum atomic E-state index is -3.48.